The van der Waals surface area contributed by atoms with Crippen molar-refractivity contribution in [2.45, 2.75) is 110 Å². The quantitative estimate of drug-likeness (QED) is 0.133. The fraction of sp³-hybridized carbons (Fsp3) is 0.580. The molecule has 9 rings (SSSR count). The molecule has 13 nitrogen and oxygen atoms in total. The van der Waals surface area contributed by atoms with Crippen molar-refractivity contribution >= 4 is 23.5 Å². The molecule has 3 aliphatic carbocycles. The van der Waals surface area contributed by atoms with Gasteiger partial charge in [0, 0.05) is 80.2 Å². The Hall–Kier alpha value is -4.87. The van der Waals surface area contributed by atoms with E-state index < -0.39 is 34.2 Å². The number of nitrogens with one attached hydrogen (secondary N) is 2. The van der Waals surface area contributed by atoms with E-state index in [0.717, 1.165) is 67.8 Å². The Labute approximate surface area is 372 Å². The lowest BCUT2D eigenvalue weighted by molar-refractivity contribution is -0.181. The maximum atomic E-state index is 15.5. The first-order valence-corrected chi connectivity index (χ1v) is 22.7. The molecule has 1 aromatic rings. The molecule has 3 saturated carbocycles. The Bertz CT molecular complexity index is 2320. The Balaban J connectivity index is 1.38. The van der Waals surface area contributed by atoms with E-state index in [4.69, 9.17) is 24.7 Å². The van der Waals surface area contributed by atoms with Crippen molar-refractivity contribution in [3.05, 3.63) is 74.7 Å². The summed E-state index contributed by atoms with van der Waals surface area (Å²) in [6.45, 7) is 21.1. The number of nitrogens with two attached hydrogens (primary N) is 1. The summed E-state index contributed by atoms with van der Waals surface area (Å²) in [7, 11) is 2.15. The minimum absolute atomic E-state index is 0.0465. The van der Waals surface area contributed by atoms with Crippen molar-refractivity contribution in [2.75, 3.05) is 59.5 Å². The van der Waals surface area contributed by atoms with Gasteiger partial charge in [-0.15, -0.1) is 0 Å². The lowest BCUT2D eigenvalue weighted by Crippen LogP contribution is -2.75. The molecule has 5 N–H and O–H groups in total. The summed E-state index contributed by atoms with van der Waals surface area (Å²) in [5.41, 5.74) is 9.24. The second kappa shape index (κ2) is 16.6. The van der Waals surface area contributed by atoms with Crippen molar-refractivity contribution in [2.24, 2.45) is 23.5 Å². The number of aliphatic hydroxyl groups excluding tert-OH is 1. The summed E-state index contributed by atoms with van der Waals surface area (Å²) in [4.78, 5) is 33.5. The van der Waals surface area contributed by atoms with E-state index in [1.807, 2.05) is 13.8 Å². The lowest BCUT2D eigenvalue weighted by atomic mass is 9.45. The molecule has 5 aliphatic heterocycles. The van der Waals surface area contributed by atoms with Crippen LogP contribution in [-0.2, 0) is 20.7 Å². The zero-order chi connectivity index (χ0) is 45.2. The van der Waals surface area contributed by atoms with Gasteiger partial charge in [-0.2, -0.15) is 5.26 Å². The number of nitrogens with zero attached hydrogens (tertiary/aromatic N) is 3. The fourth-order valence-corrected chi connectivity index (χ4v) is 11.3. The molecule has 63 heavy (non-hydrogen) atoms. The molecule has 0 radical (unpaired) electrons. The van der Waals surface area contributed by atoms with Gasteiger partial charge >= 0.3 is 0 Å². The third-order valence-electron chi connectivity index (χ3n) is 14.5. The molecule has 13 heteroatoms. The van der Waals surface area contributed by atoms with Gasteiger partial charge in [-0.25, -0.2) is 0 Å². The van der Waals surface area contributed by atoms with Crippen molar-refractivity contribution in [1.82, 2.24) is 20.4 Å². The minimum Gasteiger partial charge on any atom is -0.491 e. The second-order valence-corrected chi connectivity index (χ2v) is 19.8. The maximum Gasteiger partial charge on any atom is 0.246 e. The molecule has 1 aromatic carbocycles. The van der Waals surface area contributed by atoms with Crippen LogP contribution in [0.4, 0.5) is 0 Å². The van der Waals surface area contributed by atoms with Crippen LogP contribution in [0.5, 0.6) is 17.2 Å². The smallest absolute Gasteiger partial charge is 0.246 e. The fourth-order valence-electron chi connectivity index (χ4n) is 11.3. The number of Topliss-reactive ketones (excluding diaryl/α,β-unsaturated/α-hetero) is 1. The molecule has 6 atom stereocenters. The van der Waals surface area contributed by atoms with E-state index in [0.29, 0.717) is 59.1 Å². The van der Waals surface area contributed by atoms with Crippen LogP contribution in [0.25, 0.3) is 11.8 Å². The average Bonchev–Trinajstić information content (AvgIpc) is 3.37. The Morgan fingerprint density at radius 2 is 1.81 bits per heavy atom. The molecule has 4 bridgehead atoms. The SMILES string of the molecule is CC(C)=CCCC1(C)C=Cc2c(c(CC=C(C)C)c3c(c2OCCN2CCN(C)CC2)C2=C4C(C(C#N)=C(N)N2)C2CC5C(C)(C)OC(C/C=C(/C)C(=O)NCCO)(C2=O)C45O3)O1. The number of dihydropyridines is 1. The zero-order valence-corrected chi connectivity index (χ0v) is 38.6. The van der Waals surface area contributed by atoms with Gasteiger partial charge in [-0.1, -0.05) is 29.4 Å². The molecule has 338 valence electrons. The molecule has 1 amide bonds. The third kappa shape index (κ3) is 7.31. The van der Waals surface area contributed by atoms with Gasteiger partial charge in [0.1, 0.15) is 35.3 Å². The topological polar surface area (TPSA) is 172 Å². The van der Waals surface area contributed by atoms with Crippen molar-refractivity contribution in [3.63, 3.8) is 0 Å². The van der Waals surface area contributed by atoms with Crippen LogP contribution >= 0.6 is 0 Å². The van der Waals surface area contributed by atoms with Gasteiger partial charge in [0.25, 0.3) is 0 Å². The molecule has 8 aliphatic rings. The van der Waals surface area contributed by atoms with E-state index in [9.17, 15) is 15.2 Å². The Morgan fingerprint density at radius 1 is 1.08 bits per heavy atom. The number of carbonyl (C=O) groups is 2. The number of amides is 1. The van der Waals surface area contributed by atoms with E-state index in [2.05, 4.69) is 92.5 Å². The van der Waals surface area contributed by atoms with Gasteiger partial charge < -0.3 is 45.3 Å². The normalized spacial score (nSPS) is 30.0. The second-order valence-electron chi connectivity index (χ2n) is 19.8. The molecule has 5 heterocycles. The van der Waals surface area contributed by atoms with Crippen LogP contribution < -0.4 is 30.6 Å². The summed E-state index contributed by atoms with van der Waals surface area (Å²) in [5.74, 6) is -0.125. The number of hydrogen-bond donors (Lipinski definition) is 4. The maximum absolute atomic E-state index is 15.5. The first-order chi connectivity index (χ1) is 29.9. The van der Waals surface area contributed by atoms with Crippen molar-refractivity contribution in [3.8, 4) is 23.3 Å². The number of rotatable bonds is 14. The number of allylic oxidation sites excluding steroid dienone is 5. The Kier molecular flexibility index (Phi) is 11.8. The third-order valence-corrected chi connectivity index (χ3v) is 14.5. The van der Waals surface area contributed by atoms with Gasteiger partial charge in [0.2, 0.25) is 5.91 Å². The molecule has 1 spiro atoms. The van der Waals surface area contributed by atoms with Gasteiger partial charge in [-0.05, 0) is 100 Å². The van der Waals surface area contributed by atoms with Crippen molar-refractivity contribution in [1.29, 1.82) is 5.26 Å². The molecular formula is C50H66N6O7. The van der Waals surface area contributed by atoms with E-state index in [1.54, 1.807) is 13.0 Å². The minimum atomic E-state index is -1.57. The highest BCUT2D eigenvalue weighted by Gasteiger charge is 2.84. The van der Waals surface area contributed by atoms with Crippen LogP contribution in [0.3, 0.4) is 0 Å². The molecule has 5 fully saturated rings. The molecular weight excluding hydrogens is 797 g/mol. The van der Waals surface area contributed by atoms with Crippen LogP contribution in [0, 0.1) is 29.1 Å². The predicted molar refractivity (Wildman–Crippen MR) is 242 cm³/mol. The van der Waals surface area contributed by atoms with E-state index in [-0.39, 0.29) is 43.0 Å². The number of likely N-dealkylation sites (N-methyl/N-ethyl adjacent to an activating group) is 1. The number of piperazine rings is 1. The summed E-state index contributed by atoms with van der Waals surface area (Å²) < 4.78 is 29.4. The van der Waals surface area contributed by atoms with Crippen LogP contribution in [0.15, 0.2) is 58.0 Å². The number of hydrogen-bond acceptors (Lipinski definition) is 12. The standard InChI is InChI=1S/C50H66N6O7/c1-29(2)11-10-16-48(8)17-15-33-41(61-48)32(13-12-30(3)4)43-38(42(33)60-26-24-56-22-20-55(9)21-23-56)40-39-37(35(28-51)45(52)54-40)34-27-36-47(6,7)63-49(44(34)58,50(36,39)62-43)18-14-31(5)46(59)53-19-25-57/h11-12,14-15,17,34,36-37,54,57H,10,13,16,18-27,52H2,1-9H3,(H,53,59)/b31-14-. The number of ketones is 1. The highest BCUT2D eigenvalue weighted by molar-refractivity contribution is 6.02. The first-order valence-electron chi connectivity index (χ1n) is 22.7. The highest BCUT2D eigenvalue weighted by Crippen LogP contribution is 2.73. The summed E-state index contributed by atoms with van der Waals surface area (Å²) in [6.07, 6.45) is 12.9. The summed E-state index contributed by atoms with van der Waals surface area (Å²) >= 11 is 0. The van der Waals surface area contributed by atoms with E-state index in [1.165, 1.54) is 5.57 Å². The highest BCUT2D eigenvalue weighted by atomic mass is 16.6. The number of carbonyl (C=O) groups excluding carboxylic acids is 2. The zero-order valence-electron chi connectivity index (χ0n) is 38.6. The largest absolute Gasteiger partial charge is 0.491 e. The van der Waals surface area contributed by atoms with Gasteiger partial charge in [-0.3, -0.25) is 14.5 Å². The lowest BCUT2D eigenvalue weighted by Gasteiger charge is -2.62. The van der Waals surface area contributed by atoms with Crippen LogP contribution in [0.1, 0.15) is 97.8 Å². The van der Waals surface area contributed by atoms with Gasteiger partial charge in [0.05, 0.1) is 40.7 Å². The predicted octanol–water partition coefficient (Wildman–Crippen LogP) is 5.70. The summed E-state index contributed by atoms with van der Waals surface area (Å²) in [6, 6.07) is 2.39. The number of ether oxygens (including phenoxy) is 4. The van der Waals surface area contributed by atoms with Gasteiger partial charge in [0.15, 0.2) is 17.0 Å². The number of aliphatic hydroxyl groups is 1. The number of fused-ring (bicyclic) bond motifs is 3. The van der Waals surface area contributed by atoms with Crippen LogP contribution in [0.2, 0.25) is 0 Å². The van der Waals surface area contributed by atoms with E-state index >= 15 is 4.79 Å². The molecule has 0 aromatic heterocycles. The molecule has 2 saturated heterocycles. The first kappa shape index (κ1) is 44.7. The van der Waals surface area contributed by atoms with Crippen molar-refractivity contribution < 1.29 is 33.6 Å². The summed E-state index contributed by atoms with van der Waals surface area (Å²) in [5, 5.41) is 26.5. The monoisotopic (exact) mass is 862 g/mol. The average molecular weight is 863 g/mol. The number of benzene rings is 1. The van der Waals surface area contributed by atoms with Crippen LogP contribution in [-0.4, -0.2) is 109 Å². The number of nitriles is 1. The molecule has 6 unspecified atom stereocenters. The Morgan fingerprint density at radius 3 is 2.49 bits per heavy atom.